The largest absolute Gasteiger partial charge is 0.490 e. The smallest absolute Gasteiger partial charge is 0.330 e. The third-order valence-electron chi connectivity index (χ3n) is 6.11. The first-order valence-electron chi connectivity index (χ1n) is 12.7. The van der Waals surface area contributed by atoms with Crippen LogP contribution in [0.1, 0.15) is 43.7 Å². The van der Waals surface area contributed by atoms with E-state index in [-0.39, 0.29) is 19.0 Å². The molecule has 4 nitrogen and oxygen atoms in total. The number of halogens is 1. The fourth-order valence-electron chi connectivity index (χ4n) is 4.08. The van der Waals surface area contributed by atoms with Crippen molar-refractivity contribution in [3.63, 3.8) is 0 Å². The van der Waals surface area contributed by atoms with E-state index in [2.05, 4.69) is 37.8 Å². The molecule has 0 fully saturated rings. The minimum atomic E-state index is -0.496. The second-order valence-electron chi connectivity index (χ2n) is 8.78. The number of carbonyl (C=O) groups excluding carboxylic acids is 1. The Kier molecular flexibility index (Phi) is 10.7. The Balaban J connectivity index is 1.77. The molecule has 0 aliphatic rings. The number of carbonyl (C=O) groups is 1. The van der Waals surface area contributed by atoms with Crippen LogP contribution in [-0.2, 0) is 22.4 Å². The average Bonchev–Trinajstić information content (AvgIpc) is 2.90. The van der Waals surface area contributed by atoms with Crippen LogP contribution in [0.5, 0.6) is 5.75 Å². The Morgan fingerprint density at radius 1 is 0.917 bits per heavy atom. The minimum absolute atomic E-state index is 0.103. The van der Waals surface area contributed by atoms with E-state index in [1.54, 1.807) is 6.07 Å². The molecule has 0 aromatic heterocycles. The summed E-state index contributed by atoms with van der Waals surface area (Å²) in [6, 6.07) is 19.4. The van der Waals surface area contributed by atoms with Gasteiger partial charge in [0.25, 0.3) is 0 Å². The number of hydrogen-bond acceptors (Lipinski definition) is 4. The van der Waals surface area contributed by atoms with Gasteiger partial charge in [-0.2, -0.15) is 0 Å². The summed E-state index contributed by atoms with van der Waals surface area (Å²) in [4.78, 5) is 11.3. The highest BCUT2D eigenvalue weighted by Gasteiger charge is 2.12. The maximum absolute atomic E-state index is 15.3. The maximum atomic E-state index is 15.3. The first kappa shape index (κ1) is 27.2. The Morgan fingerprint density at radius 3 is 2.36 bits per heavy atom. The molecule has 0 spiro atoms. The summed E-state index contributed by atoms with van der Waals surface area (Å²) in [6.07, 6.45) is 7.37. The molecule has 0 bridgehead atoms. The van der Waals surface area contributed by atoms with Crippen molar-refractivity contribution in [2.75, 3.05) is 19.8 Å². The van der Waals surface area contributed by atoms with Crippen molar-refractivity contribution in [3.8, 4) is 28.0 Å². The van der Waals surface area contributed by atoms with Gasteiger partial charge in [0.15, 0.2) is 0 Å². The van der Waals surface area contributed by atoms with E-state index in [1.165, 1.54) is 24.8 Å². The van der Waals surface area contributed by atoms with Crippen LogP contribution in [0.15, 0.2) is 73.3 Å². The van der Waals surface area contributed by atoms with Gasteiger partial charge in [0.1, 0.15) is 24.8 Å². The molecular formula is C31H36FNO3. The van der Waals surface area contributed by atoms with Crippen LogP contribution in [0.2, 0.25) is 0 Å². The zero-order valence-corrected chi connectivity index (χ0v) is 21.1. The van der Waals surface area contributed by atoms with Gasteiger partial charge in [-0.25, -0.2) is 9.18 Å². The highest BCUT2D eigenvalue weighted by molar-refractivity contribution is 5.81. The SMILES string of the molecule is C=CC(=O)OCCOc1cc(-c2ccc(-c3ccc(CCCCC)cc3)cc2F)ccc1CCCN. The Labute approximate surface area is 213 Å². The van der Waals surface area contributed by atoms with Crippen LogP contribution >= 0.6 is 0 Å². The Morgan fingerprint density at radius 2 is 1.67 bits per heavy atom. The lowest BCUT2D eigenvalue weighted by atomic mass is 9.96. The lowest BCUT2D eigenvalue weighted by molar-refractivity contribution is -0.138. The summed E-state index contributed by atoms with van der Waals surface area (Å²) < 4.78 is 26.1. The van der Waals surface area contributed by atoms with Crippen molar-refractivity contribution in [1.82, 2.24) is 0 Å². The molecule has 3 aromatic rings. The van der Waals surface area contributed by atoms with E-state index >= 15 is 4.39 Å². The highest BCUT2D eigenvalue weighted by Crippen LogP contribution is 2.32. The fraction of sp³-hybridized carbons (Fsp3) is 0.323. The molecule has 0 heterocycles. The topological polar surface area (TPSA) is 61.5 Å². The summed E-state index contributed by atoms with van der Waals surface area (Å²) in [5.41, 5.74) is 11.0. The molecule has 3 rings (SSSR count). The fourth-order valence-corrected chi connectivity index (χ4v) is 4.08. The predicted molar refractivity (Wildman–Crippen MR) is 145 cm³/mol. The van der Waals surface area contributed by atoms with Crippen molar-refractivity contribution in [2.24, 2.45) is 5.73 Å². The highest BCUT2D eigenvalue weighted by atomic mass is 19.1. The summed E-state index contributed by atoms with van der Waals surface area (Å²) >= 11 is 0. The van der Waals surface area contributed by atoms with Gasteiger partial charge in [0.05, 0.1) is 0 Å². The number of ether oxygens (including phenoxy) is 2. The molecular weight excluding hydrogens is 453 g/mol. The number of benzene rings is 3. The maximum Gasteiger partial charge on any atom is 0.330 e. The van der Waals surface area contributed by atoms with Gasteiger partial charge in [-0.05, 0) is 72.2 Å². The standard InChI is InChI=1S/C31H36FNO3/c1-3-5-6-8-23-10-12-24(13-11-23)26-16-17-28(29(32)21-26)27-15-14-25(9-7-18-33)30(22-27)35-19-20-36-31(34)4-2/h4,10-17,21-22H,2-3,5-9,18-20,33H2,1H3. The number of hydrogen-bond donors (Lipinski definition) is 1. The molecule has 0 atom stereocenters. The van der Waals surface area contributed by atoms with Crippen molar-refractivity contribution < 1.29 is 18.7 Å². The number of rotatable bonds is 14. The van der Waals surface area contributed by atoms with Crippen LogP contribution in [0, 0.1) is 5.82 Å². The van der Waals surface area contributed by atoms with E-state index in [0.717, 1.165) is 47.6 Å². The average molecular weight is 490 g/mol. The van der Waals surface area contributed by atoms with Crippen molar-refractivity contribution >= 4 is 5.97 Å². The van der Waals surface area contributed by atoms with Crippen LogP contribution in [-0.4, -0.2) is 25.7 Å². The second-order valence-corrected chi connectivity index (χ2v) is 8.78. The second kappa shape index (κ2) is 14.2. The van der Waals surface area contributed by atoms with Gasteiger partial charge in [-0.15, -0.1) is 0 Å². The van der Waals surface area contributed by atoms with Gasteiger partial charge in [-0.1, -0.05) is 74.9 Å². The number of nitrogens with two attached hydrogens (primary N) is 1. The summed E-state index contributed by atoms with van der Waals surface area (Å²) in [7, 11) is 0. The van der Waals surface area contributed by atoms with Crippen molar-refractivity contribution in [1.29, 1.82) is 0 Å². The molecule has 0 saturated heterocycles. The molecule has 0 aliphatic heterocycles. The van der Waals surface area contributed by atoms with Gasteiger partial charge < -0.3 is 15.2 Å². The molecule has 0 unspecified atom stereocenters. The molecule has 0 saturated carbocycles. The third-order valence-corrected chi connectivity index (χ3v) is 6.11. The van der Waals surface area contributed by atoms with Crippen LogP contribution in [0.25, 0.3) is 22.3 Å². The number of aryl methyl sites for hydroxylation is 2. The van der Waals surface area contributed by atoms with Gasteiger partial charge in [0.2, 0.25) is 0 Å². The Bertz CT molecular complexity index is 1140. The molecule has 0 aliphatic carbocycles. The molecule has 190 valence electrons. The van der Waals surface area contributed by atoms with E-state index in [4.69, 9.17) is 15.2 Å². The lowest BCUT2D eigenvalue weighted by Crippen LogP contribution is -2.11. The summed E-state index contributed by atoms with van der Waals surface area (Å²) in [6.45, 7) is 6.44. The quantitative estimate of drug-likeness (QED) is 0.152. The van der Waals surface area contributed by atoms with Crippen LogP contribution in [0.3, 0.4) is 0 Å². The van der Waals surface area contributed by atoms with E-state index < -0.39 is 5.97 Å². The van der Waals surface area contributed by atoms with Crippen LogP contribution < -0.4 is 10.5 Å². The molecule has 0 amide bonds. The third kappa shape index (κ3) is 7.79. The molecule has 2 N–H and O–H groups in total. The van der Waals surface area contributed by atoms with Crippen LogP contribution in [0.4, 0.5) is 4.39 Å². The predicted octanol–water partition coefficient (Wildman–Crippen LogP) is 6.89. The molecule has 3 aromatic carbocycles. The summed E-state index contributed by atoms with van der Waals surface area (Å²) in [5, 5.41) is 0. The normalized spacial score (nSPS) is 10.8. The van der Waals surface area contributed by atoms with E-state index in [9.17, 15) is 4.79 Å². The number of esters is 1. The van der Waals surface area contributed by atoms with Crippen molar-refractivity contribution in [3.05, 3.63) is 90.3 Å². The molecule has 5 heteroatoms. The zero-order valence-electron chi connectivity index (χ0n) is 21.1. The van der Waals surface area contributed by atoms with Gasteiger partial charge >= 0.3 is 5.97 Å². The Hall–Kier alpha value is -3.44. The first-order valence-corrected chi connectivity index (χ1v) is 12.7. The van der Waals surface area contributed by atoms with Crippen molar-refractivity contribution in [2.45, 2.75) is 45.4 Å². The molecule has 36 heavy (non-hydrogen) atoms. The van der Waals surface area contributed by atoms with E-state index in [0.29, 0.717) is 17.9 Å². The lowest BCUT2D eigenvalue weighted by Gasteiger charge is -2.14. The summed E-state index contributed by atoms with van der Waals surface area (Å²) in [5.74, 6) is -0.151. The minimum Gasteiger partial charge on any atom is -0.490 e. The zero-order chi connectivity index (χ0) is 25.8. The van der Waals surface area contributed by atoms with Gasteiger partial charge in [-0.3, -0.25) is 0 Å². The van der Waals surface area contributed by atoms with Gasteiger partial charge in [0, 0.05) is 11.6 Å². The number of unbranched alkanes of at least 4 members (excludes halogenated alkanes) is 2. The first-order chi connectivity index (χ1) is 17.5. The van der Waals surface area contributed by atoms with E-state index in [1.807, 2.05) is 30.3 Å². The molecule has 0 radical (unpaired) electrons. The monoisotopic (exact) mass is 489 g/mol.